The summed E-state index contributed by atoms with van der Waals surface area (Å²) in [5.74, 6) is -0.462. The van der Waals surface area contributed by atoms with Gasteiger partial charge in [0, 0.05) is 4.90 Å². The predicted octanol–water partition coefficient (Wildman–Crippen LogP) is 4.67. The lowest BCUT2D eigenvalue weighted by molar-refractivity contribution is -0.146. The van der Waals surface area contributed by atoms with E-state index in [1.165, 1.54) is 28.3 Å². The Bertz CT molecular complexity index is 1030. The molecule has 0 saturated carbocycles. The number of benzene rings is 3. The number of esters is 1. The molecule has 0 aromatic heterocycles. The van der Waals surface area contributed by atoms with Gasteiger partial charge in [0.15, 0.2) is 6.61 Å². The first-order chi connectivity index (χ1) is 14.2. The first-order valence-corrected chi connectivity index (χ1v) is 10.8. The Balaban J connectivity index is 1.24. The van der Waals surface area contributed by atoms with E-state index in [1.54, 1.807) is 0 Å². The van der Waals surface area contributed by atoms with Crippen molar-refractivity contribution in [2.24, 2.45) is 0 Å². The fourth-order valence-electron chi connectivity index (χ4n) is 3.73. The molecular weight excluding hydrogens is 382 g/mol. The SMILES string of the molecule is O=C(COC(=O)CSc1ccc2ccccc2c1)N[C@@H]1CCCc2ccccc21. The highest BCUT2D eigenvalue weighted by molar-refractivity contribution is 8.00. The normalized spacial score (nSPS) is 15.5. The highest BCUT2D eigenvalue weighted by Crippen LogP contribution is 2.29. The van der Waals surface area contributed by atoms with Crippen LogP contribution in [0.1, 0.15) is 30.0 Å². The molecule has 1 amide bonds. The number of hydrogen-bond donors (Lipinski definition) is 1. The molecule has 1 atom stereocenters. The zero-order valence-corrected chi connectivity index (χ0v) is 16.9. The Morgan fingerprint density at radius 1 is 1.00 bits per heavy atom. The summed E-state index contributed by atoms with van der Waals surface area (Å²) < 4.78 is 5.17. The van der Waals surface area contributed by atoms with E-state index in [4.69, 9.17) is 4.74 Å². The second-order valence-electron chi connectivity index (χ2n) is 7.17. The van der Waals surface area contributed by atoms with Gasteiger partial charge in [-0.25, -0.2) is 0 Å². The summed E-state index contributed by atoms with van der Waals surface area (Å²) >= 11 is 1.42. The van der Waals surface area contributed by atoms with Crippen molar-refractivity contribution in [1.29, 1.82) is 0 Å². The monoisotopic (exact) mass is 405 g/mol. The summed E-state index contributed by atoms with van der Waals surface area (Å²) in [6.45, 7) is -0.240. The average Bonchev–Trinajstić information content (AvgIpc) is 2.76. The maximum atomic E-state index is 12.3. The van der Waals surface area contributed by atoms with E-state index in [2.05, 4.69) is 29.6 Å². The van der Waals surface area contributed by atoms with E-state index in [1.807, 2.05) is 42.5 Å². The third-order valence-corrected chi connectivity index (χ3v) is 6.11. The number of carbonyl (C=O) groups is 2. The standard InChI is InChI=1S/C24H23NO3S/c26-23(25-22-11-5-9-18-7-3-4-10-21(18)22)15-28-24(27)16-29-20-13-12-17-6-1-2-8-19(17)14-20/h1-4,6-8,10,12-14,22H,5,9,11,15-16H2,(H,25,26)/t22-/m1/s1. The number of hydrogen-bond acceptors (Lipinski definition) is 4. The van der Waals surface area contributed by atoms with Crippen LogP contribution < -0.4 is 5.32 Å². The number of fused-ring (bicyclic) bond motifs is 2. The molecule has 4 nitrogen and oxygen atoms in total. The molecule has 0 saturated heterocycles. The van der Waals surface area contributed by atoms with E-state index in [0.717, 1.165) is 29.5 Å². The van der Waals surface area contributed by atoms with Crippen LogP contribution in [0.25, 0.3) is 10.8 Å². The van der Waals surface area contributed by atoms with Gasteiger partial charge in [-0.2, -0.15) is 0 Å². The first kappa shape index (κ1) is 19.5. The van der Waals surface area contributed by atoms with Gasteiger partial charge < -0.3 is 10.1 Å². The summed E-state index contributed by atoms with van der Waals surface area (Å²) in [5, 5.41) is 5.31. The van der Waals surface area contributed by atoms with Gasteiger partial charge in [0.2, 0.25) is 0 Å². The highest BCUT2D eigenvalue weighted by Gasteiger charge is 2.21. The smallest absolute Gasteiger partial charge is 0.316 e. The Kier molecular flexibility index (Phi) is 6.15. The van der Waals surface area contributed by atoms with Crippen molar-refractivity contribution in [1.82, 2.24) is 5.32 Å². The molecule has 0 bridgehead atoms. The van der Waals surface area contributed by atoms with E-state index < -0.39 is 0 Å². The molecule has 3 aromatic rings. The minimum atomic E-state index is -0.387. The van der Waals surface area contributed by atoms with E-state index in [9.17, 15) is 9.59 Å². The quantitative estimate of drug-likeness (QED) is 0.478. The fourth-order valence-corrected chi connectivity index (χ4v) is 4.47. The van der Waals surface area contributed by atoms with Gasteiger partial charge in [0.1, 0.15) is 0 Å². The van der Waals surface area contributed by atoms with Gasteiger partial charge in [-0.1, -0.05) is 54.6 Å². The van der Waals surface area contributed by atoms with Crippen molar-refractivity contribution in [2.75, 3.05) is 12.4 Å². The molecule has 0 spiro atoms. The lowest BCUT2D eigenvalue weighted by Gasteiger charge is -2.26. The van der Waals surface area contributed by atoms with Gasteiger partial charge in [0.25, 0.3) is 5.91 Å². The van der Waals surface area contributed by atoms with Crippen molar-refractivity contribution in [2.45, 2.75) is 30.2 Å². The first-order valence-electron chi connectivity index (χ1n) is 9.83. The van der Waals surface area contributed by atoms with Gasteiger partial charge in [-0.15, -0.1) is 11.8 Å². The van der Waals surface area contributed by atoms with Crippen molar-refractivity contribution in [3.05, 3.63) is 77.9 Å². The molecule has 0 radical (unpaired) electrons. The second kappa shape index (κ2) is 9.14. The summed E-state index contributed by atoms with van der Waals surface area (Å²) in [6, 6.07) is 22.4. The molecule has 1 N–H and O–H groups in total. The minimum Gasteiger partial charge on any atom is -0.455 e. The molecule has 5 heteroatoms. The number of ether oxygens (including phenoxy) is 1. The molecule has 1 aliphatic rings. The molecule has 0 heterocycles. The van der Waals surface area contributed by atoms with E-state index >= 15 is 0 Å². The molecule has 0 unspecified atom stereocenters. The van der Waals surface area contributed by atoms with E-state index in [-0.39, 0.29) is 30.3 Å². The van der Waals surface area contributed by atoms with Crippen molar-refractivity contribution >= 4 is 34.4 Å². The van der Waals surface area contributed by atoms with Crippen LogP contribution in [0.15, 0.2) is 71.6 Å². The van der Waals surface area contributed by atoms with Crippen molar-refractivity contribution in [3.8, 4) is 0 Å². The van der Waals surface area contributed by atoms with Crippen LogP contribution in [-0.4, -0.2) is 24.2 Å². The van der Waals surface area contributed by atoms with E-state index in [0.29, 0.717) is 0 Å². The number of rotatable bonds is 6. The predicted molar refractivity (Wildman–Crippen MR) is 116 cm³/mol. The van der Waals surface area contributed by atoms with Crippen molar-refractivity contribution < 1.29 is 14.3 Å². The van der Waals surface area contributed by atoms with Crippen LogP contribution in [0.4, 0.5) is 0 Å². The third kappa shape index (κ3) is 4.98. The Labute approximate surface area is 174 Å². The zero-order valence-electron chi connectivity index (χ0n) is 16.1. The highest BCUT2D eigenvalue weighted by atomic mass is 32.2. The summed E-state index contributed by atoms with van der Waals surface area (Å²) in [7, 11) is 0. The van der Waals surface area contributed by atoms with Crippen LogP contribution in [0.3, 0.4) is 0 Å². The molecule has 4 rings (SSSR count). The average molecular weight is 406 g/mol. The lowest BCUT2D eigenvalue weighted by atomic mass is 9.88. The number of thioether (sulfide) groups is 1. The second-order valence-corrected chi connectivity index (χ2v) is 8.22. The van der Waals surface area contributed by atoms with Crippen molar-refractivity contribution in [3.63, 3.8) is 0 Å². The Morgan fingerprint density at radius 2 is 1.79 bits per heavy atom. The number of aryl methyl sites for hydroxylation is 1. The Morgan fingerprint density at radius 3 is 2.69 bits per heavy atom. The number of amides is 1. The summed E-state index contributed by atoms with van der Waals surface area (Å²) in [5.41, 5.74) is 2.46. The molecule has 3 aromatic carbocycles. The molecule has 29 heavy (non-hydrogen) atoms. The number of carbonyl (C=O) groups excluding carboxylic acids is 2. The molecule has 0 fully saturated rings. The number of nitrogens with one attached hydrogen (secondary N) is 1. The topological polar surface area (TPSA) is 55.4 Å². The maximum Gasteiger partial charge on any atom is 0.316 e. The zero-order chi connectivity index (χ0) is 20.1. The summed E-state index contributed by atoms with van der Waals surface area (Å²) in [6.07, 6.45) is 3.00. The van der Waals surface area contributed by atoms with Crippen LogP contribution in [0.5, 0.6) is 0 Å². The largest absolute Gasteiger partial charge is 0.455 e. The van der Waals surface area contributed by atoms with Gasteiger partial charge >= 0.3 is 5.97 Å². The van der Waals surface area contributed by atoms with Crippen LogP contribution in [0.2, 0.25) is 0 Å². The Hall–Kier alpha value is -2.79. The molecule has 148 valence electrons. The minimum absolute atomic E-state index is 0.00173. The van der Waals surface area contributed by atoms with Crippen LogP contribution in [0, 0.1) is 0 Å². The van der Waals surface area contributed by atoms with Gasteiger partial charge in [0.05, 0.1) is 11.8 Å². The van der Waals surface area contributed by atoms with Crippen LogP contribution in [-0.2, 0) is 20.7 Å². The molecular formula is C24H23NO3S. The van der Waals surface area contributed by atoms with Crippen LogP contribution >= 0.6 is 11.8 Å². The fraction of sp³-hybridized carbons (Fsp3) is 0.250. The third-order valence-electron chi connectivity index (χ3n) is 5.15. The lowest BCUT2D eigenvalue weighted by Crippen LogP contribution is -2.34. The maximum absolute atomic E-state index is 12.3. The van der Waals surface area contributed by atoms with Gasteiger partial charge in [-0.3, -0.25) is 9.59 Å². The molecule has 0 aliphatic heterocycles. The summed E-state index contributed by atoms with van der Waals surface area (Å²) in [4.78, 5) is 25.3. The van der Waals surface area contributed by atoms with Gasteiger partial charge in [-0.05, 0) is 53.3 Å². The molecule has 1 aliphatic carbocycles.